The highest BCUT2D eigenvalue weighted by atomic mass is 32.1. The molecule has 0 unspecified atom stereocenters. The Morgan fingerprint density at radius 3 is 3.04 bits per heavy atom. The molecule has 0 aliphatic heterocycles. The molecule has 7 heteroatoms. The second kappa shape index (κ2) is 6.68. The van der Waals surface area contributed by atoms with Crippen LogP contribution in [0.5, 0.6) is 0 Å². The SMILES string of the molecule is O=C(Cn1nc(-c2cccs2)oc1=O)N[C@H]1CCCc2ccccc21. The van der Waals surface area contributed by atoms with Crippen LogP contribution in [0, 0.1) is 0 Å². The van der Waals surface area contributed by atoms with E-state index in [0.29, 0.717) is 0 Å². The van der Waals surface area contributed by atoms with Crippen LogP contribution in [0.2, 0.25) is 0 Å². The van der Waals surface area contributed by atoms with E-state index < -0.39 is 5.76 Å². The van der Waals surface area contributed by atoms with Gasteiger partial charge in [0, 0.05) is 0 Å². The molecule has 0 bridgehead atoms. The van der Waals surface area contributed by atoms with E-state index in [2.05, 4.69) is 22.5 Å². The van der Waals surface area contributed by atoms with E-state index in [1.165, 1.54) is 16.9 Å². The lowest BCUT2D eigenvalue weighted by atomic mass is 9.88. The van der Waals surface area contributed by atoms with Gasteiger partial charge in [0.15, 0.2) is 0 Å². The summed E-state index contributed by atoms with van der Waals surface area (Å²) < 4.78 is 6.20. The predicted octanol–water partition coefficient (Wildman–Crippen LogP) is 2.76. The van der Waals surface area contributed by atoms with Gasteiger partial charge in [0.1, 0.15) is 6.54 Å². The third kappa shape index (κ3) is 3.28. The van der Waals surface area contributed by atoms with Gasteiger partial charge in [-0.05, 0) is 41.8 Å². The van der Waals surface area contributed by atoms with E-state index in [1.54, 1.807) is 0 Å². The molecule has 1 N–H and O–H groups in total. The van der Waals surface area contributed by atoms with Gasteiger partial charge >= 0.3 is 5.76 Å². The topological polar surface area (TPSA) is 77.1 Å². The maximum Gasteiger partial charge on any atom is 0.437 e. The van der Waals surface area contributed by atoms with E-state index in [-0.39, 0.29) is 24.4 Å². The summed E-state index contributed by atoms with van der Waals surface area (Å²) in [6.45, 7) is -0.146. The van der Waals surface area contributed by atoms with Crippen LogP contribution >= 0.6 is 11.3 Å². The average Bonchev–Trinajstić information content (AvgIpc) is 3.26. The summed E-state index contributed by atoms with van der Waals surface area (Å²) in [5.41, 5.74) is 2.44. The Balaban J connectivity index is 1.48. The van der Waals surface area contributed by atoms with Crippen molar-refractivity contribution < 1.29 is 9.21 Å². The fourth-order valence-electron chi connectivity index (χ4n) is 3.19. The number of carbonyl (C=O) groups is 1. The highest BCUT2D eigenvalue weighted by Gasteiger charge is 2.22. The van der Waals surface area contributed by atoms with Crippen LogP contribution in [0.4, 0.5) is 0 Å². The van der Waals surface area contributed by atoms with Crippen LogP contribution in [-0.2, 0) is 17.8 Å². The van der Waals surface area contributed by atoms with Gasteiger partial charge in [-0.15, -0.1) is 16.4 Å². The Bertz CT molecular complexity index is 943. The zero-order valence-corrected chi connectivity index (χ0v) is 14.3. The molecule has 0 saturated carbocycles. The molecule has 1 aliphatic rings. The number of benzene rings is 1. The van der Waals surface area contributed by atoms with Crippen molar-refractivity contribution in [2.75, 3.05) is 0 Å². The normalized spacial score (nSPS) is 16.4. The van der Waals surface area contributed by atoms with Gasteiger partial charge < -0.3 is 9.73 Å². The number of aromatic nitrogens is 2. The molecule has 2 aromatic heterocycles. The van der Waals surface area contributed by atoms with E-state index in [1.807, 2.05) is 29.6 Å². The quantitative estimate of drug-likeness (QED) is 0.781. The third-order valence-corrected chi connectivity index (χ3v) is 5.19. The first-order valence-corrected chi connectivity index (χ1v) is 9.07. The van der Waals surface area contributed by atoms with Crippen LogP contribution in [-0.4, -0.2) is 15.7 Å². The van der Waals surface area contributed by atoms with Gasteiger partial charge in [-0.2, -0.15) is 4.68 Å². The number of nitrogens with zero attached hydrogens (tertiary/aromatic N) is 2. The lowest BCUT2D eigenvalue weighted by molar-refractivity contribution is -0.122. The molecular weight excluding hydrogens is 338 g/mol. The first kappa shape index (κ1) is 15.8. The zero-order valence-electron chi connectivity index (χ0n) is 13.5. The van der Waals surface area contributed by atoms with Crippen LogP contribution in [0.1, 0.15) is 30.0 Å². The number of aryl methyl sites for hydroxylation is 1. The molecule has 0 fully saturated rings. The number of thiophene rings is 1. The number of hydrogen-bond donors (Lipinski definition) is 1. The van der Waals surface area contributed by atoms with Crippen molar-refractivity contribution in [1.82, 2.24) is 15.1 Å². The first-order valence-electron chi connectivity index (χ1n) is 8.20. The molecule has 1 aliphatic carbocycles. The van der Waals surface area contributed by atoms with E-state index in [0.717, 1.165) is 34.4 Å². The van der Waals surface area contributed by atoms with Gasteiger partial charge in [-0.3, -0.25) is 4.79 Å². The molecule has 1 aromatic carbocycles. The highest BCUT2D eigenvalue weighted by molar-refractivity contribution is 7.13. The molecule has 1 atom stereocenters. The van der Waals surface area contributed by atoms with Gasteiger partial charge in [0.25, 0.3) is 5.89 Å². The number of amides is 1. The molecule has 0 radical (unpaired) electrons. The number of carbonyl (C=O) groups excluding carboxylic acids is 1. The lowest BCUT2D eigenvalue weighted by Gasteiger charge is -2.26. The Hall–Kier alpha value is -2.67. The molecule has 3 aromatic rings. The van der Waals surface area contributed by atoms with Crippen molar-refractivity contribution in [1.29, 1.82) is 0 Å². The fourth-order valence-corrected chi connectivity index (χ4v) is 3.83. The average molecular weight is 355 g/mol. The van der Waals surface area contributed by atoms with Crippen molar-refractivity contribution in [2.45, 2.75) is 31.8 Å². The molecular formula is C18H17N3O3S. The molecule has 2 heterocycles. The monoisotopic (exact) mass is 355 g/mol. The Labute approximate surface area is 148 Å². The van der Waals surface area contributed by atoms with Crippen LogP contribution < -0.4 is 11.1 Å². The van der Waals surface area contributed by atoms with Crippen molar-refractivity contribution in [3.05, 3.63) is 63.5 Å². The maximum absolute atomic E-state index is 12.4. The summed E-state index contributed by atoms with van der Waals surface area (Å²) in [6.07, 6.45) is 2.97. The van der Waals surface area contributed by atoms with Crippen molar-refractivity contribution >= 4 is 17.2 Å². The third-order valence-electron chi connectivity index (χ3n) is 4.34. The Morgan fingerprint density at radius 2 is 2.20 bits per heavy atom. The van der Waals surface area contributed by atoms with Gasteiger partial charge in [-0.1, -0.05) is 30.3 Å². The Morgan fingerprint density at radius 1 is 1.32 bits per heavy atom. The van der Waals surface area contributed by atoms with Gasteiger partial charge in [0.2, 0.25) is 5.91 Å². The molecule has 1 amide bonds. The minimum atomic E-state index is -0.623. The summed E-state index contributed by atoms with van der Waals surface area (Å²) in [5, 5.41) is 9.01. The highest BCUT2D eigenvalue weighted by Crippen LogP contribution is 2.29. The zero-order chi connectivity index (χ0) is 17.2. The molecule has 0 spiro atoms. The summed E-state index contributed by atoms with van der Waals surface area (Å²) in [6, 6.07) is 11.8. The first-order chi connectivity index (χ1) is 12.2. The van der Waals surface area contributed by atoms with Crippen molar-refractivity contribution in [3.8, 4) is 10.8 Å². The predicted molar refractivity (Wildman–Crippen MR) is 94.3 cm³/mol. The standard InChI is InChI=1S/C18H17N3O3S/c22-16(19-14-8-3-6-12-5-1-2-7-13(12)14)11-21-18(23)24-17(20-21)15-9-4-10-25-15/h1-2,4-5,7,9-10,14H,3,6,8,11H2,(H,19,22)/t14-/m0/s1. The van der Waals surface area contributed by atoms with Crippen LogP contribution in [0.3, 0.4) is 0 Å². The minimum absolute atomic E-state index is 0.0168. The number of rotatable bonds is 4. The second-order valence-corrected chi connectivity index (χ2v) is 6.97. The van der Waals surface area contributed by atoms with E-state index in [4.69, 9.17) is 4.42 Å². The summed E-state index contributed by atoms with van der Waals surface area (Å²) >= 11 is 1.43. The van der Waals surface area contributed by atoms with Crippen LogP contribution in [0.25, 0.3) is 10.8 Å². The lowest BCUT2D eigenvalue weighted by Crippen LogP contribution is -2.35. The molecule has 6 nitrogen and oxygen atoms in total. The molecule has 128 valence electrons. The number of nitrogens with one attached hydrogen (secondary N) is 1. The van der Waals surface area contributed by atoms with Gasteiger partial charge in [-0.25, -0.2) is 4.79 Å². The molecule has 25 heavy (non-hydrogen) atoms. The summed E-state index contributed by atoms with van der Waals surface area (Å²) in [5.74, 6) is -0.617. The Kier molecular flexibility index (Phi) is 4.23. The largest absolute Gasteiger partial charge is 0.437 e. The van der Waals surface area contributed by atoms with Gasteiger partial charge in [0.05, 0.1) is 10.9 Å². The summed E-state index contributed by atoms with van der Waals surface area (Å²) in [4.78, 5) is 25.1. The number of hydrogen-bond acceptors (Lipinski definition) is 5. The van der Waals surface area contributed by atoms with E-state index >= 15 is 0 Å². The van der Waals surface area contributed by atoms with Crippen molar-refractivity contribution in [2.24, 2.45) is 0 Å². The second-order valence-electron chi connectivity index (χ2n) is 6.02. The minimum Gasteiger partial charge on any atom is -0.387 e. The molecule has 4 rings (SSSR count). The fraction of sp³-hybridized carbons (Fsp3) is 0.278. The maximum atomic E-state index is 12.4. The molecule has 0 saturated heterocycles. The number of fused-ring (bicyclic) bond motifs is 1. The van der Waals surface area contributed by atoms with Crippen molar-refractivity contribution in [3.63, 3.8) is 0 Å². The summed E-state index contributed by atoms with van der Waals surface area (Å²) in [7, 11) is 0. The smallest absolute Gasteiger partial charge is 0.387 e. The van der Waals surface area contributed by atoms with E-state index in [9.17, 15) is 9.59 Å². The van der Waals surface area contributed by atoms with Crippen LogP contribution in [0.15, 0.2) is 51.0 Å².